The van der Waals surface area contributed by atoms with Crippen molar-refractivity contribution in [3.05, 3.63) is 71.8 Å². The Kier molecular flexibility index (Phi) is 10.7. The molecule has 2 aromatic carbocycles. The molecule has 0 aromatic heterocycles. The van der Waals surface area contributed by atoms with Crippen LogP contribution in [0.15, 0.2) is 60.7 Å². The van der Waals surface area contributed by atoms with Gasteiger partial charge in [-0.15, -0.1) is 0 Å². The number of ether oxygens (including phenoxy) is 5. The molecule has 0 saturated carbocycles. The minimum atomic E-state index is -0.858. The number of carbonyl (C=O) groups is 2. The molecule has 6 atom stereocenters. The van der Waals surface area contributed by atoms with Crippen molar-refractivity contribution in [2.24, 2.45) is 0 Å². The highest BCUT2D eigenvalue weighted by atomic mass is 16.8. The Morgan fingerprint density at radius 1 is 0.947 bits per heavy atom. The number of carbonyl (C=O) groups excluding carboxylic acids is 2. The van der Waals surface area contributed by atoms with E-state index in [9.17, 15) is 9.59 Å². The van der Waals surface area contributed by atoms with E-state index in [0.29, 0.717) is 6.42 Å². The van der Waals surface area contributed by atoms with Crippen LogP contribution in [0.3, 0.4) is 0 Å². The lowest BCUT2D eigenvalue weighted by Crippen LogP contribution is -2.67. The molecule has 0 bridgehead atoms. The number of rotatable bonds is 12. The molecule has 8 nitrogen and oxygen atoms in total. The van der Waals surface area contributed by atoms with Gasteiger partial charge in [0.25, 0.3) is 0 Å². The van der Waals surface area contributed by atoms with Crippen molar-refractivity contribution >= 4 is 11.9 Å². The molecular weight excluding hydrogens is 486 g/mol. The Hall–Kier alpha value is -2.78. The van der Waals surface area contributed by atoms with E-state index in [2.05, 4.69) is 12.2 Å². The van der Waals surface area contributed by atoms with Gasteiger partial charge in [0.1, 0.15) is 18.2 Å². The summed E-state index contributed by atoms with van der Waals surface area (Å²) in [5.74, 6) is -0.603. The van der Waals surface area contributed by atoms with Gasteiger partial charge in [0.05, 0.1) is 13.2 Å². The number of unbranched alkanes of at least 4 members (excludes halogenated alkanes) is 4. The van der Waals surface area contributed by atoms with Crippen LogP contribution in [0.1, 0.15) is 69.8 Å². The average Bonchev–Trinajstić information content (AvgIpc) is 2.93. The Balaban J connectivity index is 1.52. The van der Waals surface area contributed by atoms with E-state index in [-0.39, 0.29) is 25.1 Å². The van der Waals surface area contributed by atoms with Crippen molar-refractivity contribution in [3.8, 4) is 0 Å². The number of hydrogen-bond acceptors (Lipinski definition) is 7. The molecule has 0 unspecified atom stereocenters. The molecule has 1 amide bonds. The van der Waals surface area contributed by atoms with Gasteiger partial charge in [-0.3, -0.25) is 9.59 Å². The van der Waals surface area contributed by atoms with E-state index >= 15 is 0 Å². The van der Waals surface area contributed by atoms with Crippen LogP contribution < -0.4 is 5.32 Å². The lowest BCUT2D eigenvalue weighted by atomic mass is 9.95. The van der Waals surface area contributed by atoms with Crippen molar-refractivity contribution in [2.45, 2.75) is 95.9 Å². The fraction of sp³-hybridized carbons (Fsp3) is 0.533. The summed E-state index contributed by atoms with van der Waals surface area (Å²) in [6, 6.07) is 18.5. The molecule has 4 rings (SSSR count). The molecule has 0 radical (unpaired) electrons. The summed E-state index contributed by atoms with van der Waals surface area (Å²) in [6.45, 7) is 4.08. The summed E-state index contributed by atoms with van der Waals surface area (Å²) < 4.78 is 30.8. The fourth-order valence-corrected chi connectivity index (χ4v) is 4.86. The van der Waals surface area contributed by atoms with Crippen molar-refractivity contribution in [3.63, 3.8) is 0 Å². The van der Waals surface area contributed by atoms with Gasteiger partial charge >= 0.3 is 5.97 Å². The Bertz CT molecular complexity index is 1000. The lowest BCUT2D eigenvalue weighted by Gasteiger charge is -2.48. The topological polar surface area (TPSA) is 92.3 Å². The maximum atomic E-state index is 13.0. The Morgan fingerprint density at radius 3 is 2.37 bits per heavy atom. The molecule has 0 aliphatic carbocycles. The van der Waals surface area contributed by atoms with Crippen LogP contribution in [0.25, 0.3) is 0 Å². The molecule has 0 spiro atoms. The molecule has 8 heteroatoms. The summed E-state index contributed by atoms with van der Waals surface area (Å²) in [5.41, 5.74) is 1.81. The second kappa shape index (κ2) is 14.4. The first-order chi connectivity index (χ1) is 18.5. The largest absolute Gasteiger partial charge is 0.457 e. The van der Waals surface area contributed by atoms with Gasteiger partial charge in [0, 0.05) is 18.9 Å². The van der Waals surface area contributed by atoms with Crippen LogP contribution in [0, 0.1) is 0 Å². The van der Waals surface area contributed by atoms with Gasteiger partial charge in [-0.1, -0.05) is 93.3 Å². The van der Waals surface area contributed by atoms with Crippen molar-refractivity contribution < 1.29 is 33.3 Å². The molecule has 2 aliphatic heterocycles. The minimum Gasteiger partial charge on any atom is -0.457 e. The third-order valence-electron chi connectivity index (χ3n) is 6.79. The second-order valence-corrected chi connectivity index (χ2v) is 9.86. The SMILES string of the molecule is CCCCCCCC(=O)O[C@H]1[C@H](NC(C)=O)[C@H](OCc2ccccc2)O[C@@H]2CO[C@@H](c3ccccc3)O[C@@H]12. The lowest BCUT2D eigenvalue weighted by molar-refractivity contribution is -0.346. The Morgan fingerprint density at radius 2 is 1.66 bits per heavy atom. The van der Waals surface area contributed by atoms with E-state index in [0.717, 1.165) is 43.2 Å². The highest BCUT2D eigenvalue weighted by molar-refractivity contribution is 5.73. The zero-order valence-corrected chi connectivity index (χ0v) is 22.3. The van der Waals surface area contributed by atoms with E-state index in [1.807, 2.05) is 60.7 Å². The quantitative estimate of drug-likeness (QED) is 0.314. The standard InChI is InChI=1S/C30H39NO7/c1-3-4-5-6-13-18-25(33)37-28-26(31-21(2)32)30(34-19-22-14-9-7-10-15-22)36-24-20-35-29(38-27(24)28)23-16-11-8-12-17-23/h7-12,14-17,24,26-30H,3-6,13,18-20H2,1-2H3,(H,31,32)/t24-,26+,27-,28+,29-,30-/m1/s1. The molecule has 2 saturated heterocycles. The second-order valence-electron chi connectivity index (χ2n) is 9.86. The van der Waals surface area contributed by atoms with Gasteiger partial charge in [-0.25, -0.2) is 0 Å². The summed E-state index contributed by atoms with van der Waals surface area (Å²) >= 11 is 0. The van der Waals surface area contributed by atoms with Crippen LogP contribution in [0.2, 0.25) is 0 Å². The maximum absolute atomic E-state index is 13.0. The minimum absolute atomic E-state index is 0.229. The van der Waals surface area contributed by atoms with Crippen LogP contribution in [-0.2, 0) is 39.9 Å². The average molecular weight is 526 g/mol. The number of nitrogens with one attached hydrogen (secondary N) is 1. The molecule has 2 aliphatic rings. The molecular formula is C30H39NO7. The van der Waals surface area contributed by atoms with E-state index in [1.54, 1.807) is 0 Å². The molecule has 206 valence electrons. The van der Waals surface area contributed by atoms with Crippen molar-refractivity contribution in [2.75, 3.05) is 6.61 Å². The summed E-state index contributed by atoms with van der Waals surface area (Å²) in [6.07, 6.45) is 1.92. The molecule has 38 heavy (non-hydrogen) atoms. The smallest absolute Gasteiger partial charge is 0.306 e. The van der Waals surface area contributed by atoms with Crippen molar-refractivity contribution in [1.29, 1.82) is 0 Å². The van der Waals surface area contributed by atoms with Gasteiger partial charge in [0.2, 0.25) is 5.91 Å². The number of benzene rings is 2. The number of amides is 1. The first kappa shape index (κ1) is 28.2. The van der Waals surface area contributed by atoms with Crippen LogP contribution >= 0.6 is 0 Å². The highest BCUT2D eigenvalue weighted by Gasteiger charge is 2.52. The van der Waals surface area contributed by atoms with Gasteiger partial charge in [0.15, 0.2) is 18.7 Å². The number of hydrogen-bond donors (Lipinski definition) is 1. The third-order valence-corrected chi connectivity index (χ3v) is 6.79. The number of fused-ring (bicyclic) bond motifs is 1. The van der Waals surface area contributed by atoms with Crippen molar-refractivity contribution in [1.82, 2.24) is 5.32 Å². The van der Waals surface area contributed by atoms with Gasteiger partial charge in [-0.2, -0.15) is 0 Å². The van der Waals surface area contributed by atoms with Crippen LogP contribution in [-0.4, -0.2) is 49.1 Å². The molecule has 1 N–H and O–H groups in total. The fourth-order valence-electron chi connectivity index (χ4n) is 4.86. The summed E-state index contributed by atoms with van der Waals surface area (Å²) in [4.78, 5) is 25.2. The third kappa shape index (κ3) is 7.86. The zero-order valence-electron chi connectivity index (χ0n) is 22.3. The maximum Gasteiger partial charge on any atom is 0.306 e. The summed E-state index contributed by atoms with van der Waals surface area (Å²) in [5, 5.41) is 2.91. The number of esters is 1. The van der Waals surface area contributed by atoms with Gasteiger partial charge in [-0.05, 0) is 12.0 Å². The summed E-state index contributed by atoms with van der Waals surface area (Å²) in [7, 11) is 0. The predicted octanol–water partition coefficient (Wildman–Crippen LogP) is 4.82. The normalized spacial score (nSPS) is 26.8. The van der Waals surface area contributed by atoms with E-state index in [1.165, 1.54) is 6.92 Å². The molecule has 2 fully saturated rings. The van der Waals surface area contributed by atoms with Crippen LogP contribution in [0.4, 0.5) is 0 Å². The molecule has 2 aromatic rings. The zero-order chi connectivity index (χ0) is 26.7. The predicted molar refractivity (Wildman–Crippen MR) is 141 cm³/mol. The Labute approximate surface area is 224 Å². The molecule has 2 heterocycles. The monoisotopic (exact) mass is 525 g/mol. The first-order valence-corrected chi connectivity index (χ1v) is 13.6. The van der Waals surface area contributed by atoms with Crippen LogP contribution in [0.5, 0.6) is 0 Å². The first-order valence-electron chi connectivity index (χ1n) is 13.6. The highest BCUT2D eigenvalue weighted by Crippen LogP contribution is 2.36. The van der Waals surface area contributed by atoms with E-state index < -0.39 is 36.9 Å². The van der Waals surface area contributed by atoms with E-state index in [4.69, 9.17) is 23.7 Å². The van der Waals surface area contributed by atoms with Gasteiger partial charge < -0.3 is 29.0 Å².